The lowest BCUT2D eigenvalue weighted by Crippen LogP contribution is -2.56. The summed E-state index contributed by atoms with van der Waals surface area (Å²) in [4.78, 5) is 2.45. The average Bonchev–Trinajstić information content (AvgIpc) is 2.06. The van der Waals surface area contributed by atoms with Crippen LogP contribution in [-0.2, 0) is 0 Å². The number of halogens is 2. The highest BCUT2D eigenvalue weighted by Gasteiger charge is 2.25. The van der Waals surface area contributed by atoms with Gasteiger partial charge in [0, 0.05) is 38.3 Å². The van der Waals surface area contributed by atoms with Gasteiger partial charge >= 0.3 is 0 Å². The summed E-state index contributed by atoms with van der Waals surface area (Å²) in [7, 11) is 0. The second kappa shape index (κ2) is 6.85. The Hall–Kier alpha value is 0.460. The summed E-state index contributed by atoms with van der Waals surface area (Å²) in [5, 5.41) is 3.33. The van der Waals surface area contributed by atoms with E-state index in [4.69, 9.17) is 5.73 Å². The van der Waals surface area contributed by atoms with E-state index in [-0.39, 0.29) is 30.4 Å². The molecule has 0 atom stereocenters. The van der Waals surface area contributed by atoms with Crippen LogP contribution in [0.15, 0.2) is 0 Å². The van der Waals surface area contributed by atoms with Gasteiger partial charge in [-0.2, -0.15) is 0 Å². The van der Waals surface area contributed by atoms with Gasteiger partial charge in [0.1, 0.15) is 0 Å². The number of hydrogen-bond acceptors (Lipinski definition) is 3. The standard InChI is InChI=1S/C8H19N3.2ClH/c1-8(2,7-9)11-5-3-10-4-6-11;;/h10H,3-7,9H2,1-2H3;2*1H. The molecular weight excluding hydrogens is 209 g/mol. The maximum atomic E-state index is 5.68. The molecule has 1 heterocycles. The van der Waals surface area contributed by atoms with E-state index in [1.165, 1.54) is 0 Å². The first-order chi connectivity index (χ1) is 5.17. The highest BCUT2D eigenvalue weighted by molar-refractivity contribution is 5.85. The molecule has 0 aromatic carbocycles. The summed E-state index contributed by atoms with van der Waals surface area (Å²) in [6, 6.07) is 0. The fraction of sp³-hybridized carbons (Fsp3) is 1.00. The molecule has 0 aliphatic carbocycles. The van der Waals surface area contributed by atoms with Gasteiger partial charge in [0.15, 0.2) is 0 Å². The Balaban J connectivity index is 0. The van der Waals surface area contributed by atoms with Crippen molar-refractivity contribution in [1.82, 2.24) is 10.2 Å². The summed E-state index contributed by atoms with van der Waals surface area (Å²) >= 11 is 0. The molecule has 1 aliphatic heterocycles. The molecule has 82 valence electrons. The summed E-state index contributed by atoms with van der Waals surface area (Å²) in [5.74, 6) is 0. The largest absolute Gasteiger partial charge is 0.329 e. The van der Waals surface area contributed by atoms with Gasteiger partial charge in [-0.3, -0.25) is 4.90 Å². The third-order valence-electron chi connectivity index (χ3n) is 2.47. The molecule has 1 saturated heterocycles. The molecule has 0 amide bonds. The highest BCUT2D eigenvalue weighted by atomic mass is 35.5. The average molecular weight is 230 g/mol. The van der Waals surface area contributed by atoms with Crippen LogP contribution >= 0.6 is 24.8 Å². The maximum Gasteiger partial charge on any atom is 0.0276 e. The van der Waals surface area contributed by atoms with Gasteiger partial charge in [0.25, 0.3) is 0 Å². The zero-order valence-electron chi connectivity index (χ0n) is 8.38. The van der Waals surface area contributed by atoms with Gasteiger partial charge < -0.3 is 11.1 Å². The van der Waals surface area contributed by atoms with Gasteiger partial charge in [0.2, 0.25) is 0 Å². The number of nitrogens with zero attached hydrogens (tertiary/aromatic N) is 1. The quantitative estimate of drug-likeness (QED) is 0.724. The minimum absolute atomic E-state index is 0. The van der Waals surface area contributed by atoms with Crippen molar-refractivity contribution < 1.29 is 0 Å². The van der Waals surface area contributed by atoms with Crippen molar-refractivity contribution in [2.45, 2.75) is 19.4 Å². The Labute approximate surface area is 93.2 Å². The lowest BCUT2D eigenvalue weighted by molar-refractivity contribution is 0.110. The number of nitrogens with two attached hydrogens (primary N) is 1. The lowest BCUT2D eigenvalue weighted by Gasteiger charge is -2.40. The summed E-state index contributed by atoms with van der Waals surface area (Å²) in [6.45, 7) is 9.62. The maximum absolute atomic E-state index is 5.68. The molecule has 0 aromatic rings. The molecule has 1 fully saturated rings. The molecule has 5 heteroatoms. The van der Waals surface area contributed by atoms with Crippen molar-refractivity contribution in [2.75, 3.05) is 32.7 Å². The molecule has 0 bridgehead atoms. The van der Waals surface area contributed by atoms with E-state index in [0.717, 1.165) is 32.7 Å². The van der Waals surface area contributed by atoms with Gasteiger partial charge in [-0.05, 0) is 13.8 Å². The molecule has 3 N–H and O–H groups in total. The van der Waals surface area contributed by atoms with Crippen LogP contribution in [0.2, 0.25) is 0 Å². The van der Waals surface area contributed by atoms with Crippen molar-refractivity contribution in [3.8, 4) is 0 Å². The third-order valence-corrected chi connectivity index (χ3v) is 2.47. The Morgan fingerprint density at radius 3 is 2.08 bits per heavy atom. The Kier molecular flexibility index (Phi) is 8.38. The van der Waals surface area contributed by atoms with E-state index in [1.54, 1.807) is 0 Å². The third kappa shape index (κ3) is 4.47. The van der Waals surface area contributed by atoms with Crippen LogP contribution in [0.1, 0.15) is 13.8 Å². The first kappa shape index (κ1) is 15.9. The van der Waals surface area contributed by atoms with E-state index in [0.29, 0.717) is 0 Å². The molecule has 13 heavy (non-hydrogen) atoms. The molecule has 1 aliphatic rings. The Bertz CT molecular complexity index is 125. The fourth-order valence-corrected chi connectivity index (χ4v) is 1.40. The van der Waals surface area contributed by atoms with Gasteiger partial charge in [0.05, 0.1) is 0 Å². The fourth-order valence-electron chi connectivity index (χ4n) is 1.40. The number of rotatable bonds is 2. The zero-order valence-corrected chi connectivity index (χ0v) is 10.0. The van der Waals surface area contributed by atoms with Crippen LogP contribution in [0.25, 0.3) is 0 Å². The molecule has 1 rings (SSSR count). The molecule has 0 aromatic heterocycles. The van der Waals surface area contributed by atoms with Crippen LogP contribution < -0.4 is 11.1 Å². The van der Waals surface area contributed by atoms with E-state index < -0.39 is 0 Å². The molecular formula is C8H21Cl2N3. The summed E-state index contributed by atoms with van der Waals surface area (Å²) < 4.78 is 0. The predicted molar refractivity (Wildman–Crippen MR) is 62.1 cm³/mol. The zero-order chi connectivity index (χ0) is 8.32. The molecule has 0 unspecified atom stereocenters. The van der Waals surface area contributed by atoms with Crippen molar-refractivity contribution >= 4 is 24.8 Å². The Morgan fingerprint density at radius 2 is 1.69 bits per heavy atom. The minimum atomic E-state index is 0. The highest BCUT2D eigenvalue weighted by Crippen LogP contribution is 2.12. The van der Waals surface area contributed by atoms with Crippen LogP contribution in [0.4, 0.5) is 0 Å². The lowest BCUT2D eigenvalue weighted by atomic mass is 10.0. The van der Waals surface area contributed by atoms with E-state index in [2.05, 4.69) is 24.1 Å². The molecule has 0 radical (unpaired) electrons. The topological polar surface area (TPSA) is 41.3 Å². The van der Waals surface area contributed by atoms with Gasteiger partial charge in [-0.1, -0.05) is 0 Å². The first-order valence-electron chi connectivity index (χ1n) is 4.32. The monoisotopic (exact) mass is 229 g/mol. The van der Waals surface area contributed by atoms with E-state index in [1.807, 2.05) is 0 Å². The predicted octanol–water partition coefficient (Wildman–Crippen LogP) is 0.472. The van der Waals surface area contributed by atoms with Crippen LogP contribution in [0.3, 0.4) is 0 Å². The summed E-state index contributed by atoms with van der Waals surface area (Å²) in [6.07, 6.45) is 0. The smallest absolute Gasteiger partial charge is 0.0276 e. The van der Waals surface area contributed by atoms with E-state index in [9.17, 15) is 0 Å². The SMILES string of the molecule is CC(C)(CN)N1CCNCC1.Cl.Cl. The summed E-state index contributed by atoms with van der Waals surface area (Å²) in [5.41, 5.74) is 5.86. The minimum Gasteiger partial charge on any atom is -0.329 e. The molecule has 3 nitrogen and oxygen atoms in total. The Morgan fingerprint density at radius 1 is 1.23 bits per heavy atom. The number of piperazine rings is 1. The van der Waals surface area contributed by atoms with Crippen LogP contribution in [0, 0.1) is 0 Å². The van der Waals surface area contributed by atoms with Crippen LogP contribution in [0.5, 0.6) is 0 Å². The van der Waals surface area contributed by atoms with Crippen molar-refractivity contribution in [3.05, 3.63) is 0 Å². The number of hydrogen-bond donors (Lipinski definition) is 2. The van der Waals surface area contributed by atoms with E-state index >= 15 is 0 Å². The van der Waals surface area contributed by atoms with Crippen molar-refractivity contribution in [3.63, 3.8) is 0 Å². The van der Waals surface area contributed by atoms with Gasteiger partial charge in [-0.15, -0.1) is 24.8 Å². The molecule has 0 spiro atoms. The van der Waals surface area contributed by atoms with Crippen LogP contribution in [-0.4, -0.2) is 43.2 Å². The second-order valence-electron chi connectivity index (χ2n) is 3.75. The molecule has 0 saturated carbocycles. The van der Waals surface area contributed by atoms with Crippen molar-refractivity contribution in [1.29, 1.82) is 0 Å². The first-order valence-corrected chi connectivity index (χ1v) is 4.32. The normalized spacial score (nSPS) is 18.7. The second-order valence-corrected chi connectivity index (χ2v) is 3.75. The number of nitrogens with one attached hydrogen (secondary N) is 1. The van der Waals surface area contributed by atoms with Gasteiger partial charge in [-0.25, -0.2) is 0 Å². The van der Waals surface area contributed by atoms with Crippen molar-refractivity contribution in [2.24, 2.45) is 5.73 Å².